The largest absolute Gasteiger partial charge is 1.00 e. The van der Waals surface area contributed by atoms with Gasteiger partial charge in [-0.2, -0.15) is 8.78 Å². The Morgan fingerprint density at radius 2 is 1.03 bits per heavy atom. The second-order valence-electron chi connectivity index (χ2n) is 15.8. The maximum absolute atomic E-state index is 14.0. The van der Waals surface area contributed by atoms with Crippen molar-refractivity contribution in [3.8, 4) is 33.8 Å². The van der Waals surface area contributed by atoms with Crippen LogP contribution in [0.15, 0.2) is 130 Å². The zero-order valence-electron chi connectivity index (χ0n) is 38.6. The number of ether oxygens (including phenoxy) is 3. The van der Waals surface area contributed by atoms with E-state index in [-0.39, 0.29) is 56.4 Å². The van der Waals surface area contributed by atoms with Gasteiger partial charge in [0.2, 0.25) is 0 Å². The number of carboxylic acids is 1. The summed E-state index contributed by atoms with van der Waals surface area (Å²) < 4.78 is 56.0. The Labute approximate surface area is 405 Å². The maximum Gasteiger partial charge on any atom is 1.00 e. The predicted molar refractivity (Wildman–Crippen MR) is 253 cm³/mol. The molecule has 0 saturated carbocycles. The number of fused-ring (bicyclic) bond motifs is 2. The molecule has 0 aliphatic rings. The van der Waals surface area contributed by atoms with Crippen LogP contribution in [0.1, 0.15) is 65.3 Å². The van der Waals surface area contributed by atoms with Crippen LogP contribution < -0.4 is 39.8 Å². The smallest absolute Gasteiger partial charge is 0.870 e. The number of aliphatic carboxylic acids is 1. The SMILES string of the molecule is CCOC(=O)Cc1ccc(CC)cc1OCc1cc(-c2cccc(CN)c2)c2oc(F)cc2c1.CCc1ccc(CC(=O)O)c(OCc2cc(-c3cccc(CN)c3)c3oc(F)cc3c2)c1.[Li+].[OH-]. The molecule has 0 unspecified atom stereocenters. The van der Waals surface area contributed by atoms with E-state index in [1.54, 1.807) is 13.0 Å². The van der Waals surface area contributed by atoms with Crippen molar-refractivity contribution in [3.63, 3.8) is 0 Å². The molecule has 0 bridgehead atoms. The molecule has 0 amide bonds. The van der Waals surface area contributed by atoms with Gasteiger partial charge >= 0.3 is 30.8 Å². The minimum Gasteiger partial charge on any atom is -0.870 e. The van der Waals surface area contributed by atoms with Gasteiger partial charge in [-0.3, -0.25) is 9.59 Å². The summed E-state index contributed by atoms with van der Waals surface area (Å²) in [5.41, 5.74) is 22.9. The van der Waals surface area contributed by atoms with Crippen molar-refractivity contribution in [1.29, 1.82) is 0 Å². The first kappa shape index (κ1) is 52.2. The quantitative estimate of drug-likeness (QED) is 0.0589. The standard InChI is InChI=1S/C28H28FNO4.C26H24FNO4.Li.H2O/c1-3-18-8-9-22(15-27(31)32-4-2)25(13-18)33-17-20-11-23-14-26(29)34-28(23)24(12-20)21-7-5-6-19(10-21)16-30;1-2-16-6-7-20(13-25(29)30)23(11-16)31-15-18-9-21-12-24(27)32-26(21)22(10-18)19-5-3-4-17(8-19)14-28;;/h5-14H,3-4,15-17,30H2,1-2H3;3-12H,2,13-15,28H2,1H3,(H,29,30);;1H2/q;;+1;/p-1. The second kappa shape index (κ2) is 24.3. The number of furan rings is 2. The molecule has 0 aliphatic carbocycles. The summed E-state index contributed by atoms with van der Waals surface area (Å²) in [4.78, 5) is 23.3. The summed E-state index contributed by atoms with van der Waals surface area (Å²) in [6, 6.07) is 35.9. The van der Waals surface area contributed by atoms with Gasteiger partial charge < -0.3 is 45.1 Å². The third-order valence-electron chi connectivity index (χ3n) is 11.1. The van der Waals surface area contributed by atoms with Gasteiger partial charge in [-0.15, -0.1) is 0 Å². The Kier molecular flexibility index (Phi) is 18.7. The zero-order valence-corrected chi connectivity index (χ0v) is 38.6. The molecule has 0 saturated heterocycles. The van der Waals surface area contributed by atoms with Crippen molar-refractivity contribution in [2.45, 2.75) is 72.8 Å². The van der Waals surface area contributed by atoms with E-state index in [4.69, 9.17) is 34.5 Å². The van der Waals surface area contributed by atoms with Gasteiger partial charge in [0, 0.05) is 58.2 Å². The van der Waals surface area contributed by atoms with Gasteiger partial charge in [-0.25, -0.2) is 0 Å². The fraction of sp³-hybridized carbons (Fsp3) is 0.222. The van der Waals surface area contributed by atoms with E-state index in [1.165, 1.54) is 12.1 Å². The van der Waals surface area contributed by atoms with Crippen LogP contribution in [0.4, 0.5) is 8.78 Å². The first-order valence-corrected chi connectivity index (χ1v) is 21.9. The first-order valence-electron chi connectivity index (χ1n) is 21.9. The van der Waals surface area contributed by atoms with E-state index in [9.17, 15) is 23.5 Å². The van der Waals surface area contributed by atoms with Crippen molar-refractivity contribution in [3.05, 3.63) is 178 Å². The van der Waals surface area contributed by atoms with Crippen LogP contribution in [0.2, 0.25) is 0 Å². The van der Waals surface area contributed by atoms with Crippen molar-refractivity contribution in [1.82, 2.24) is 0 Å². The summed E-state index contributed by atoms with van der Waals surface area (Å²) in [5, 5.41) is 10.5. The molecule has 0 atom stereocenters. The number of hydrogen-bond donors (Lipinski definition) is 3. The van der Waals surface area contributed by atoms with Gasteiger partial charge in [0.05, 0.1) is 19.4 Å². The molecule has 0 aliphatic heterocycles. The Hall–Kier alpha value is -6.72. The first-order chi connectivity index (χ1) is 32.0. The average molecular weight is 919 g/mol. The van der Waals surface area contributed by atoms with Crippen LogP contribution in [-0.2, 0) is 66.3 Å². The molecule has 6 aromatic carbocycles. The van der Waals surface area contributed by atoms with Crippen molar-refractivity contribution >= 4 is 33.9 Å². The minimum atomic E-state index is -0.920. The van der Waals surface area contributed by atoms with E-state index in [2.05, 4.69) is 6.92 Å². The molecule has 0 fully saturated rings. The van der Waals surface area contributed by atoms with E-state index < -0.39 is 18.0 Å². The molecule has 8 aromatic rings. The number of benzene rings is 6. The molecule has 14 heteroatoms. The van der Waals surface area contributed by atoms with Gasteiger partial charge in [-0.1, -0.05) is 74.5 Å². The van der Waals surface area contributed by atoms with Gasteiger partial charge in [0.15, 0.2) is 0 Å². The number of rotatable bonds is 17. The molecule has 11 nitrogen and oxygen atoms in total. The second-order valence-corrected chi connectivity index (χ2v) is 15.8. The van der Waals surface area contributed by atoms with E-state index in [0.717, 1.165) is 74.0 Å². The molecular weight excluding hydrogens is 866 g/mol. The molecule has 348 valence electrons. The molecule has 2 aromatic heterocycles. The summed E-state index contributed by atoms with van der Waals surface area (Å²) in [7, 11) is 0. The number of carbonyl (C=O) groups is 2. The molecule has 0 radical (unpaired) electrons. The normalized spacial score (nSPS) is 10.8. The Morgan fingerprint density at radius 3 is 1.44 bits per heavy atom. The van der Waals surface area contributed by atoms with E-state index >= 15 is 0 Å². The van der Waals surface area contributed by atoms with Crippen molar-refractivity contribution < 1.29 is 70.9 Å². The van der Waals surface area contributed by atoms with E-state index in [0.29, 0.717) is 58.7 Å². The number of hydrogen-bond acceptors (Lipinski definition) is 10. The van der Waals surface area contributed by atoms with Crippen molar-refractivity contribution in [2.75, 3.05) is 6.61 Å². The third-order valence-corrected chi connectivity index (χ3v) is 11.1. The van der Waals surface area contributed by atoms with Crippen LogP contribution in [0.5, 0.6) is 11.5 Å². The van der Waals surface area contributed by atoms with Gasteiger partial charge in [0.1, 0.15) is 35.9 Å². The molecule has 0 spiro atoms. The molecule has 8 rings (SSSR count). The van der Waals surface area contributed by atoms with Crippen LogP contribution in [-0.4, -0.2) is 29.1 Å². The number of halogens is 2. The summed E-state index contributed by atoms with van der Waals surface area (Å²) >= 11 is 0. The van der Waals surface area contributed by atoms with Crippen LogP contribution in [0, 0.1) is 12.0 Å². The van der Waals surface area contributed by atoms with Crippen LogP contribution >= 0.6 is 0 Å². The fourth-order valence-electron chi connectivity index (χ4n) is 7.75. The summed E-state index contributed by atoms with van der Waals surface area (Å²) in [6.07, 6.45) is 1.67. The number of aryl methyl sites for hydroxylation is 2. The van der Waals surface area contributed by atoms with Crippen molar-refractivity contribution in [2.24, 2.45) is 11.5 Å². The number of esters is 1. The maximum atomic E-state index is 14.0. The Bertz CT molecular complexity index is 3000. The molecular formula is C54H53F2LiN2O9. The molecule has 2 heterocycles. The molecule has 6 N–H and O–H groups in total. The van der Waals surface area contributed by atoms with Crippen LogP contribution in [0.25, 0.3) is 44.2 Å². The number of carboxylic acid groups (broad SMARTS) is 1. The zero-order chi connectivity index (χ0) is 46.7. The average Bonchev–Trinajstić information content (AvgIpc) is 3.90. The molecule has 68 heavy (non-hydrogen) atoms. The fourth-order valence-corrected chi connectivity index (χ4v) is 7.75. The Morgan fingerprint density at radius 1 is 0.574 bits per heavy atom. The Balaban J connectivity index is 0.000000247. The number of nitrogens with two attached hydrogens (primary N) is 2. The van der Waals surface area contributed by atoms with Crippen LogP contribution in [0.3, 0.4) is 0 Å². The van der Waals surface area contributed by atoms with E-state index in [1.807, 2.05) is 110 Å². The minimum absolute atomic E-state index is 0. The number of carbonyl (C=O) groups excluding carboxylic acids is 1. The topological polar surface area (TPSA) is 190 Å². The summed E-state index contributed by atoms with van der Waals surface area (Å²) in [5.74, 6) is -0.0418. The third kappa shape index (κ3) is 13.0. The van der Waals surface area contributed by atoms with Gasteiger partial charge in [0.25, 0.3) is 12.0 Å². The summed E-state index contributed by atoms with van der Waals surface area (Å²) in [6.45, 7) is 7.45. The van der Waals surface area contributed by atoms with Gasteiger partial charge in [-0.05, 0) is 113 Å². The predicted octanol–water partition coefficient (Wildman–Crippen LogP) is 8.24. The monoisotopic (exact) mass is 918 g/mol.